The average molecular weight is 648 g/mol. The first-order valence-corrected chi connectivity index (χ1v) is 16.0. The molecule has 0 bridgehead atoms. The van der Waals surface area contributed by atoms with Crippen LogP contribution in [0.3, 0.4) is 0 Å². The van der Waals surface area contributed by atoms with Crippen LogP contribution >= 0.6 is 23.1 Å². The number of hydrogen-bond donors (Lipinski definition) is 4. The van der Waals surface area contributed by atoms with Gasteiger partial charge in [-0.1, -0.05) is 54.6 Å². The van der Waals surface area contributed by atoms with Crippen LogP contribution in [0.4, 0.5) is 11.4 Å². The van der Waals surface area contributed by atoms with Crippen LogP contribution in [0.5, 0.6) is 0 Å². The molecule has 5 rings (SSSR count). The number of thiophene rings is 1. The van der Waals surface area contributed by atoms with Gasteiger partial charge in [-0.2, -0.15) is 11.3 Å². The van der Waals surface area contributed by atoms with Crippen molar-refractivity contribution < 1.29 is 24.3 Å². The third kappa shape index (κ3) is 8.38. The van der Waals surface area contributed by atoms with E-state index in [4.69, 9.17) is 0 Å². The second-order valence-electron chi connectivity index (χ2n) is 10.1. The van der Waals surface area contributed by atoms with Gasteiger partial charge in [0.05, 0.1) is 5.56 Å². The number of aryl methyl sites for hydroxylation is 1. The molecule has 5 aromatic rings. The molecule has 230 valence electrons. The molecule has 4 N–H and O–H groups in total. The normalized spacial score (nSPS) is 11.7. The number of carboxylic acids is 1. The fourth-order valence-corrected chi connectivity index (χ4v) is 6.05. The molecule has 1 aromatic heterocycles. The van der Waals surface area contributed by atoms with Crippen molar-refractivity contribution >= 4 is 64.2 Å². The number of carbonyl (C=O) groups excluding carboxylic acids is 3. The molecule has 8 nitrogen and oxygen atoms in total. The summed E-state index contributed by atoms with van der Waals surface area (Å²) in [6.07, 6.45) is 1.62. The van der Waals surface area contributed by atoms with E-state index >= 15 is 0 Å². The summed E-state index contributed by atoms with van der Waals surface area (Å²) < 4.78 is 0. The number of anilines is 2. The predicted molar refractivity (Wildman–Crippen MR) is 183 cm³/mol. The van der Waals surface area contributed by atoms with Gasteiger partial charge in [-0.3, -0.25) is 14.4 Å². The van der Waals surface area contributed by atoms with Crippen LogP contribution in [0.2, 0.25) is 0 Å². The molecule has 10 heteroatoms. The number of amides is 3. The highest BCUT2D eigenvalue weighted by molar-refractivity contribution is 8.00. The molecule has 0 aliphatic rings. The Balaban J connectivity index is 1.32. The lowest BCUT2D eigenvalue weighted by molar-refractivity contribution is -0.116. The minimum atomic E-state index is -1.08. The average Bonchev–Trinajstić information content (AvgIpc) is 3.59. The summed E-state index contributed by atoms with van der Waals surface area (Å²) in [5, 5.41) is 21.0. The summed E-state index contributed by atoms with van der Waals surface area (Å²) in [6.45, 7) is 1.80. The fraction of sp³-hybridized carbons (Fsp3) is 0.0556. The van der Waals surface area contributed by atoms with E-state index < -0.39 is 23.0 Å². The maximum Gasteiger partial charge on any atom is 0.335 e. The van der Waals surface area contributed by atoms with E-state index in [-0.39, 0.29) is 17.2 Å². The van der Waals surface area contributed by atoms with Crippen LogP contribution in [0.15, 0.2) is 131 Å². The van der Waals surface area contributed by atoms with E-state index in [1.165, 1.54) is 35.2 Å². The van der Waals surface area contributed by atoms with Crippen LogP contribution in [-0.2, 0) is 9.59 Å². The molecule has 3 amide bonds. The number of aromatic carboxylic acids is 1. The fourth-order valence-electron chi connectivity index (χ4n) is 4.41. The number of benzene rings is 4. The van der Waals surface area contributed by atoms with E-state index in [1.807, 2.05) is 53.2 Å². The molecule has 0 aliphatic carbocycles. The Morgan fingerprint density at radius 2 is 1.50 bits per heavy atom. The van der Waals surface area contributed by atoms with Crippen LogP contribution in [-0.4, -0.2) is 28.8 Å². The summed E-state index contributed by atoms with van der Waals surface area (Å²) in [5.41, 5.74) is 3.81. The van der Waals surface area contributed by atoms with Crippen molar-refractivity contribution in [3.05, 3.63) is 153 Å². The van der Waals surface area contributed by atoms with Crippen LogP contribution < -0.4 is 16.0 Å². The van der Waals surface area contributed by atoms with Crippen molar-refractivity contribution in [1.29, 1.82) is 0 Å². The van der Waals surface area contributed by atoms with Crippen LogP contribution in [0.25, 0.3) is 6.08 Å². The Morgan fingerprint density at radius 1 is 0.804 bits per heavy atom. The Morgan fingerprint density at radius 3 is 2.15 bits per heavy atom. The summed E-state index contributed by atoms with van der Waals surface area (Å²) in [5.74, 6) is -2.28. The maximum atomic E-state index is 13.6. The van der Waals surface area contributed by atoms with Crippen LogP contribution in [0, 0.1) is 6.92 Å². The van der Waals surface area contributed by atoms with Gasteiger partial charge in [0.1, 0.15) is 10.9 Å². The minimum Gasteiger partial charge on any atom is -0.478 e. The zero-order valence-corrected chi connectivity index (χ0v) is 26.2. The van der Waals surface area contributed by atoms with Gasteiger partial charge in [0.2, 0.25) is 5.91 Å². The van der Waals surface area contributed by atoms with Crippen molar-refractivity contribution in [1.82, 2.24) is 5.32 Å². The van der Waals surface area contributed by atoms with E-state index in [0.717, 1.165) is 21.6 Å². The van der Waals surface area contributed by atoms with Crippen molar-refractivity contribution in [2.45, 2.75) is 17.1 Å². The van der Waals surface area contributed by atoms with Gasteiger partial charge >= 0.3 is 5.97 Å². The molecule has 0 aliphatic heterocycles. The Labute approximate surface area is 274 Å². The van der Waals surface area contributed by atoms with Crippen molar-refractivity contribution in [2.75, 3.05) is 10.6 Å². The quantitative estimate of drug-likeness (QED) is 0.0863. The SMILES string of the molecule is Cc1ccc(C(=O)O)cc1NC(=O)C(Sc1ccc(NC(=O)/C(=C/c2ccsc2)NC(=O)c2ccccc2)cc1)c1ccccc1. The van der Waals surface area contributed by atoms with E-state index in [9.17, 15) is 24.3 Å². The summed E-state index contributed by atoms with van der Waals surface area (Å²) in [4.78, 5) is 52.0. The highest BCUT2D eigenvalue weighted by Crippen LogP contribution is 2.37. The number of hydrogen-bond acceptors (Lipinski definition) is 6. The molecular formula is C36H29N3O5S2. The second-order valence-corrected chi connectivity index (χ2v) is 12.1. The molecular weight excluding hydrogens is 619 g/mol. The molecule has 0 saturated heterocycles. The molecule has 1 atom stereocenters. The molecule has 1 heterocycles. The Kier molecular flexibility index (Phi) is 10.4. The van der Waals surface area contributed by atoms with E-state index in [0.29, 0.717) is 16.9 Å². The summed E-state index contributed by atoms with van der Waals surface area (Å²) in [7, 11) is 0. The van der Waals surface area contributed by atoms with Gasteiger partial charge in [-0.25, -0.2) is 4.79 Å². The molecule has 0 spiro atoms. The second kappa shape index (κ2) is 15.0. The molecule has 0 saturated carbocycles. The largest absolute Gasteiger partial charge is 0.478 e. The lowest BCUT2D eigenvalue weighted by Gasteiger charge is -2.18. The van der Waals surface area contributed by atoms with Gasteiger partial charge < -0.3 is 21.1 Å². The first kappa shape index (κ1) is 32.0. The lowest BCUT2D eigenvalue weighted by Crippen LogP contribution is -2.30. The molecule has 0 radical (unpaired) electrons. The third-order valence-electron chi connectivity index (χ3n) is 6.83. The molecule has 1 unspecified atom stereocenters. The van der Waals surface area contributed by atoms with Gasteiger partial charge in [-0.15, -0.1) is 11.8 Å². The summed E-state index contributed by atoms with van der Waals surface area (Å²) in [6, 6.07) is 31.4. The lowest BCUT2D eigenvalue weighted by atomic mass is 10.1. The van der Waals surface area contributed by atoms with Crippen molar-refractivity contribution in [3.8, 4) is 0 Å². The third-order valence-corrected chi connectivity index (χ3v) is 8.80. The monoisotopic (exact) mass is 647 g/mol. The highest BCUT2D eigenvalue weighted by Gasteiger charge is 2.23. The van der Waals surface area contributed by atoms with Gasteiger partial charge in [0.25, 0.3) is 11.8 Å². The van der Waals surface area contributed by atoms with Crippen LogP contribution in [0.1, 0.15) is 42.7 Å². The summed E-state index contributed by atoms with van der Waals surface area (Å²) >= 11 is 2.80. The van der Waals surface area contributed by atoms with E-state index in [1.54, 1.807) is 67.6 Å². The standard InChI is InChI=1S/C36H29N3O5S2/c1-23-12-13-27(36(43)44)21-30(23)38-35(42)32(25-8-4-2-5-9-25)46-29-16-14-28(15-17-29)37-34(41)31(20-24-18-19-45-22-24)39-33(40)26-10-6-3-7-11-26/h2-22,32H,1H3,(H,37,41)(H,38,42)(H,39,40)(H,43,44)/b31-20-. The van der Waals surface area contributed by atoms with Gasteiger partial charge in [0, 0.05) is 21.8 Å². The minimum absolute atomic E-state index is 0.0791. The molecule has 46 heavy (non-hydrogen) atoms. The van der Waals surface area contributed by atoms with Crippen molar-refractivity contribution in [2.24, 2.45) is 0 Å². The molecule has 4 aromatic carbocycles. The number of carboxylic acid groups (broad SMARTS) is 1. The first-order chi connectivity index (χ1) is 22.3. The smallest absolute Gasteiger partial charge is 0.335 e. The Bertz CT molecular complexity index is 1870. The zero-order valence-electron chi connectivity index (χ0n) is 24.6. The van der Waals surface area contributed by atoms with Gasteiger partial charge in [-0.05, 0) is 95.0 Å². The number of rotatable bonds is 11. The predicted octanol–water partition coefficient (Wildman–Crippen LogP) is 7.64. The number of thioether (sulfide) groups is 1. The van der Waals surface area contributed by atoms with E-state index in [2.05, 4.69) is 16.0 Å². The van der Waals surface area contributed by atoms with Gasteiger partial charge in [0.15, 0.2) is 0 Å². The first-order valence-electron chi connectivity index (χ1n) is 14.1. The number of nitrogens with one attached hydrogen (secondary N) is 3. The number of carbonyl (C=O) groups is 4. The highest BCUT2D eigenvalue weighted by atomic mass is 32.2. The topological polar surface area (TPSA) is 125 Å². The maximum absolute atomic E-state index is 13.6. The Hall–Kier alpha value is -5.45. The molecule has 0 fully saturated rings. The van der Waals surface area contributed by atoms with Crippen molar-refractivity contribution in [3.63, 3.8) is 0 Å². The zero-order chi connectivity index (χ0) is 32.5.